The fourth-order valence-corrected chi connectivity index (χ4v) is 2.57. The predicted molar refractivity (Wildman–Crippen MR) is 111 cm³/mol. The van der Waals surface area contributed by atoms with Crippen molar-refractivity contribution in [3.8, 4) is 5.75 Å². The number of β-amino-alcohol motifs (C(OH)–C–C–N with tert-alkyl or cyclic N) is 1. The Morgan fingerprint density at radius 1 is 1.10 bits per heavy atom. The minimum absolute atomic E-state index is 0.0564. The largest absolute Gasteiger partial charge is 0.461 e. The first-order chi connectivity index (χ1) is 13.5. The number of ether oxygens (including phenoxy) is 2. The lowest BCUT2D eigenvalue weighted by Gasteiger charge is -2.23. The number of carbonyl (C=O) groups is 2. The molecule has 0 saturated heterocycles. The number of rotatable bonds is 7. The quantitative estimate of drug-likeness (QED) is 0.546. The van der Waals surface area contributed by atoms with Crippen LogP contribution in [0.25, 0.3) is 0 Å². The summed E-state index contributed by atoms with van der Waals surface area (Å²) in [5, 5.41) is 13.7. The van der Waals surface area contributed by atoms with Crippen LogP contribution in [0.2, 0.25) is 0 Å². The Kier molecular flexibility index (Phi) is 7.53. The highest BCUT2D eigenvalue weighted by molar-refractivity contribution is 5.91. The second-order valence-electron chi connectivity index (χ2n) is 8.05. The third-order valence-electron chi connectivity index (χ3n) is 4.22. The van der Waals surface area contributed by atoms with Gasteiger partial charge < -0.3 is 19.9 Å². The topological polar surface area (TPSA) is 84.9 Å². The predicted octanol–water partition coefficient (Wildman–Crippen LogP) is 3.70. The van der Waals surface area contributed by atoms with Crippen molar-refractivity contribution in [3.63, 3.8) is 0 Å². The number of aliphatic hydroxyl groups excluding tert-OH is 1. The van der Waals surface area contributed by atoms with Crippen LogP contribution in [0.15, 0.2) is 42.5 Å². The zero-order chi connectivity index (χ0) is 21.6. The maximum Gasteiger partial charge on any atom is 0.343 e. The molecule has 2 aromatic rings. The molecule has 156 valence electrons. The fraction of sp³-hybridized carbons (Fsp3) is 0.391. The Hall–Kier alpha value is -2.70. The van der Waals surface area contributed by atoms with Crippen LogP contribution in [0, 0.1) is 6.92 Å². The van der Waals surface area contributed by atoms with Crippen LogP contribution < -0.4 is 10.1 Å². The van der Waals surface area contributed by atoms with Gasteiger partial charge in [0.25, 0.3) is 0 Å². The zero-order valence-corrected chi connectivity index (χ0v) is 17.6. The number of esters is 2. The van der Waals surface area contributed by atoms with Crippen molar-refractivity contribution >= 4 is 11.9 Å². The average molecular weight is 399 g/mol. The number of nitrogens with one attached hydrogen (secondary N) is 1. The Labute approximate surface area is 171 Å². The molecule has 0 saturated carbocycles. The van der Waals surface area contributed by atoms with Gasteiger partial charge in [-0.1, -0.05) is 23.8 Å². The molecule has 1 unspecified atom stereocenters. The number of aliphatic hydroxyl groups is 1. The van der Waals surface area contributed by atoms with Gasteiger partial charge in [-0.3, -0.25) is 4.79 Å². The molecule has 0 aliphatic heterocycles. The molecule has 1 atom stereocenters. The average Bonchev–Trinajstić information content (AvgIpc) is 2.65. The van der Waals surface area contributed by atoms with Crippen molar-refractivity contribution < 1.29 is 24.2 Å². The smallest absolute Gasteiger partial charge is 0.343 e. The van der Waals surface area contributed by atoms with Gasteiger partial charge in [0.15, 0.2) is 0 Å². The molecule has 2 aromatic carbocycles. The molecule has 0 amide bonds. The maximum atomic E-state index is 12.5. The van der Waals surface area contributed by atoms with Crippen molar-refractivity contribution in [3.05, 3.63) is 64.7 Å². The van der Waals surface area contributed by atoms with Crippen molar-refractivity contribution in [1.29, 1.82) is 0 Å². The third kappa shape index (κ3) is 7.33. The highest BCUT2D eigenvalue weighted by atomic mass is 16.5. The zero-order valence-electron chi connectivity index (χ0n) is 17.6. The summed E-state index contributed by atoms with van der Waals surface area (Å²) in [5.41, 5.74) is 2.48. The summed E-state index contributed by atoms with van der Waals surface area (Å²) in [5.74, 6) is -0.658. The van der Waals surface area contributed by atoms with E-state index in [9.17, 15) is 14.7 Å². The summed E-state index contributed by atoms with van der Waals surface area (Å²) in [6.45, 7) is 9.59. The van der Waals surface area contributed by atoms with E-state index in [-0.39, 0.29) is 17.9 Å². The summed E-state index contributed by atoms with van der Waals surface area (Å²) in [6, 6.07) is 12.1. The van der Waals surface area contributed by atoms with Crippen LogP contribution >= 0.6 is 0 Å². The number of hydrogen-bond donors (Lipinski definition) is 2. The molecule has 0 aromatic heterocycles. The molecular weight excluding hydrogens is 370 g/mol. The van der Waals surface area contributed by atoms with Crippen LogP contribution in [0.3, 0.4) is 0 Å². The first-order valence-corrected chi connectivity index (χ1v) is 9.53. The van der Waals surface area contributed by atoms with Crippen LogP contribution in [0.5, 0.6) is 5.75 Å². The molecule has 2 rings (SSSR count). The Morgan fingerprint density at radius 3 is 2.34 bits per heavy atom. The second-order valence-corrected chi connectivity index (χ2v) is 8.05. The van der Waals surface area contributed by atoms with Gasteiger partial charge in [0.2, 0.25) is 0 Å². The molecule has 0 fully saturated rings. The Balaban J connectivity index is 2.22. The summed E-state index contributed by atoms with van der Waals surface area (Å²) >= 11 is 0. The summed E-state index contributed by atoms with van der Waals surface area (Å²) in [4.78, 5) is 23.7. The molecule has 6 nitrogen and oxygen atoms in total. The van der Waals surface area contributed by atoms with E-state index in [0.717, 1.165) is 5.56 Å². The van der Waals surface area contributed by atoms with Crippen molar-refractivity contribution in [2.24, 2.45) is 0 Å². The minimum atomic E-state index is -0.757. The van der Waals surface area contributed by atoms with Gasteiger partial charge in [-0.05, 0) is 57.5 Å². The van der Waals surface area contributed by atoms with Crippen LogP contribution in [0.4, 0.5) is 0 Å². The van der Waals surface area contributed by atoms with Gasteiger partial charge in [-0.25, -0.2) is 4.79 Å². The van der Waals surface area contributed by atoms with E-state index in [2.05, 4.69) is 5.32 Å². The lowest BCUT2D eigenvalue weighted by atomic mass is 10.0. The van der Waals surface area contributed by atoms with Crippen molar-refractivity contribution in [1.82, 2.24) is 5.32 Å². The molecule has 6 heteroatoms. The molecular formula is C23H29NO5. The lowest BCUT2D eigenvalue weighted by Crippen LogP contribution is -2.38. The van der Waals surface area contributed by atoms with E-state index >= 15 is 0 Å². The molecule has 0 radical (unpaired) electrons. The molecule has 2 N–H and O–H groups in total. The van der Waals surface area contributed by atoms with E-state index in [1.54, 1.807) is 30.3 Å². The van der Waals surface area contributed by atoms with E-state index < -0.39 is 18.0 Å². The van der Waals surface area contributed by atoms with Crippen LogP contribution in [-0.2, 0) is 16.1 Å². The van der Waals surface area contributed by atoms with Crippen LogP contribution in [0.1, 0.15) is 60.8 Å². The lowest BCUT2D eigenvalue weighted by molar-refractivity contribution is -0.142. The van der Waals surface area contributed by atoms with Gasteiger partial charge in [0.1, 0.15) is 12.4 Å². The maximum absolute atomic E-state index is 12.5. The monoisotopic (exact) mass is 399 g/mol. The number of carbonyl (C=O) groups excluding carboxylic acids is 2. The van der Waals surface area contributed by atoms with Gasteiger partial charge in [0.05, 0.1) is 11.7 Å². The fourth-order valence-electron chi connectivity index (χ4n) is 2.57. The van der Waals surface area contributed by atoms with Gasteiger partial charge in [0, 0.05) is 24.6 Å². The molecule has 0 aliphatic rings. The minimum Gasteiger partial charge on any atom is -0.461 e. The number of hydrogen-bond acceptors (Lipinski definition) is 6. The molecule has 0 aliphatic carbocycles. The summed E-state index contributed by atoms with van der Waals surface area (Å²) < 4.78 is 10.6. The standard InChI is InChI=1S/C23H29NO5/c1-15-6-8-17(9-7-15)22(27)29-21-11-10-18(12-19(21)14-28-16(2)25)20(26)13-24-23(3,4)5/h6-12,20,24,26H,13-14H2,1-5H3. The SMILES string of the molecule is CC(=O)OCc1cc(C(O)CNC(C)(C)C)ccc1OC(=O)c1ccc(C)cc1. The van der Waals surface area contributed by atoms with Crippen LogP contribution in [-0.4, -0.2) is 29.1 Å². The second kappa shape index (κ2) is 9.67. The third-order valence-corrected chi connectivity index (χ3v) is 4.22. The normalized spacial score (nSPS) is 12.3. The van der Waals surface area contributed by atoms with Gasteiger partial charge in [-0.15, -0.1) is 0 Å². The Bertz CT molecular complexity index is 853. The van der Waals surface area contributed by atoms with E-state index in [0.29, 0.717) is 23.2 Å². The first-order valence-electron chi connectivity index (χ1n) is 9.53. The van der Waals surface area contributed by atoms with E-state index in [1.165, 1.54) is 6.92 Å². The van der Waals surface area contributed by atoms with Gasteiger partial charge >= 0.3 is 11.9 Å². The molecule has 0 spiro atoms. The van der Waals surface area contributed by atoms with Crippen molar-refractivity contribution in [2.75, 3.05) is 6.54 Å². The van der Waals surface area contributed by atoms with Crippen molar-refractivity contribution in [2.45, 2.75) is 52.9 Å². The van der Waals surface area contributed by atoms with E-state index in [4.69, 9.17) is 9.47 Å². The summed E-state index contributed by atoms with van der Waals surface area (Å²) in [7, 11) is 0. The highest BCUT2D eigenvalue weighted by Gasteiger charge is 2.18. The molecule has 29 heavy (non-hydrogen) atoms. The molecule has 0 bridgehead atoms. The Morgan fingerprint density at radius 2 is 1.76 bits per heavy atom. The van der Waals surface area contributed by atoms with Gasteiger partial charge in [-0.2, -0.15) is 0 Å². The van der Waals surface area contributed by atoms with E-state index in [1.807, 2.05) is 39.8 Å². The highest BCUT2D eigenvalue weighted by Crippen LogP contribution is 2.26. The first kappa shape index (κ1) is 22.6. The number of benzene rings is 2. The molecule has 0 heterocycles. The summed E-state index contributed by atoms with van der Waals surface area (Å²) in [6.07, 6.45) is -0.757. The number of aryl methyl sites for hydroxylation is 1.